The zero-order chi connectivity index (χ0) is 11.5. The average molecular weight is 222 g/mol. The Morgan fingerprint density at radius 3 is 2.81 bits per heavy atom. The van der Waals surface area contributed by atoms with Crippen LogP contribution in [0.3, 0.4) is 0 Å². The van der Waals surface area contributed by atoms with Gasteiger partial charge in [-0.1, -0.05) is 6.08 Å². The smallest absolute Gasteiger partial charge is 0.249 e. The van der Waals surface area contributed by atoms with E-state index >= 15 is 0 Å². The monoisotopic (exact) mass is 222 g/mol. The predicted molar refractivity (Wildman–Crippen MR) is 60.4 cm³/mol. The van der Waals surface area contributed by atoms with Gasteiger partial charge in [-0.05, 0) is 32.1 Å². The number of carbonyl (C=O) groups is 2. The van der Waals surface area contributed by atoms with Gasteiger partial charge in [0, 0.05) is 18.7 Å². The number of amides is 2. The fraction of sp³-hybridized carbons (Fsp3) is 0.667. The van der Waals surface area contributed by atoms with Gasteiger partial charge in [0.25, 0.3) is 0 Å². The van der Waals surface area contributed by atoms with Gasteiger partial charge in [0.2, 0.25) is 11.8 Å². The molecule has 0 spiro atoms. The molecular formula is C12H18N2O2. The molecule has 2 aliphatic rings. The molecule has 1 aliphatic heterocycles. The van der Waals surface area contributed by atoms with Crippen LogP contribution in [-0.2, 0) is 9.59 Å². The molecule has 0 bridgehead atoms. The third-order valence-corrected chi connectivity index (χ3v) is 3.43. The van der Waals surface area contributed by atoms with Crippen molar-refractivity contribution in [2.24, 2.45) is 11.7 Å². The molecule has 2 amide bonds. The Labute approximate surface area is 95.5 Å². The van der Waals surface area contributed by atoms with Crippen LogP contribution < -0.4 is 5.73 Å². The van der Waals surface area contributed by atoms with Crippen LogP contribution in [0.1, 0.15) is 32.1 Å². The van der Waals surface area contributed by atoms with Crippen LogP contribution in [-0.4, -0.2) is 29.8 Å². The number of hydrogen-bond donors (Lipinski definition) is 1. The Balaban J connectivity index is 1.98. The first kappa shape index (κ1) is 11.2. The van der Waals surface area contributed by atoms with Crippen molar-refractivity contribution in [2.45, 2.75) is 32.1 Å². The predicted octanol–water partition coefficient (Wildman–Crippen LogP) is 0.821. The van der Waals surface area contributed by atoms with E-state index in [-0.39, 0.29) is 17.7 Å². The molecule has 1 heterocycles. The topological polar surface area (TPSA) is 63.4 Å². The number of primary amides is 1. The Hall–Kier alpha value is -1.32. The van der Waals surface area contributed by atoms with Gasteiger partial charge < -0.3 is 10.6 Å². The lowest BCUT2D eigenvalue weighted by Crippen LogP contribution is -2.44. The molecule has 1 saturated heterocycles. The lowest BCUT2D eigenvalue weighted by Gasteiger charge is -2.31. The molecule has 1 fully saturated rings. The van der Waals surface area contributed by atoms with Crippen LogP contribution in [0.5, 0.6) is 0 Å². The summed E-state index contributed by atoms with van der Waals surface area (Å²) in [6.07, 6.45) is 6.69. The Morgan fingerprint density at radius 2 is 2.19 bits per heavy atom. The Kier molecular flexibility index (Phi) is 3.27. The summed E-state index contributed by atoms with van der Waals surface area (Å²) in [6.45, 7) is 1.27. The highest BCUT2D eigenvalue weighted by atomic mass is 16.2. The molecule has 1 atom stereocenters. The van der Waals surface area contributed by atoms with E-state index in [2.05, 4.69) is 0 Å². The number of nitrogens with zero attached hydrogens (tertiary/aromatic N) is 1. The van der Waals surface area contributed by atoms with Crippen LogP contribution in [0.25, 0.3) is 0 Å². The molecule has 2 rings (SSSR count). The number of likely N-dealkylation sites (tertiary alicyclic amines) is 1. The number of piperidine rings is 1. The summed E-state index contributed by atoms with van der Waals surface area (Å²) >= 11 is 0. The summed E-state index contributed by atoms with van der Waals surface area (Å²) in [5.41, 5.74) is 6.21. The minimum atomic E-state index is -0.280. The Bertz CT molecular complexity index is 336. The summed E-state index contributed by atoms with van der Waals surface area (Å²) < 4.78 is 0. The van der Waals surface area contributed by atoms with Gasteiger partial charge in [0.15, 0.2) is 0 Å². The molecule has 0 aromatic carbocycles. The highest BCUT2D eigenvalue weighted by molar-refractivity contribution is 5.94. The van der Waals surface area contributed by atoms with Gasteiger partial charge in [-0.15, -0.1) is 0 Å². The van der Waals surface area contributed by atoms with Gasteiger partial charge in [-0.2, -0.15) is 0 Å². The van der Waals surface area contributed by atoms with E-state index in [9.17, 15) is 9.59 Å². The maximum atomic E-state index is 12.1. The third kappa shape index (κ3) is 2.26. The molecule has 0 unspecified atom stereocenters. The molecule has 1 aliphatic carbocycles. The molecule has 0 aromatic heterocycles. The standard InChI is InChI=1S/C12H18N2O2/c13-11(15)10-6-3-7-14(8-10)12(16)9-4-1-2-5-9/h4,10H,1-3,5-8H2,(H2,13,15)/t10-/m1/s1. The van der Waals surface area contributed by atoms with Crippen molar-refractivity contribution >= 4 is 11.8 Å². The molecule has 0 saturated carbocycles. The van der Waals surface area contributed by atoms with Crippen molar-refractivity contribution in [3.05, 3.63) is 11.6 Å². The van der Waals surface area contributed by atoms with Crippen LogP contribution in [0.15, 0.2) is 11.6 Å². The van der Waals surface area contributed by atoms with Crippen molar-refractivity contribution in [3.63, 3.8) is 0 Å². The van der Waals surface area contributed by atoms with Crippen molar-refractivity contribution in [1.29, 1.82) is 0 Å². The van der Waals surface area contributed by atoms with Crippen LogP contribution in [0.2, 0.25) is 0 Å². The second kappa shape index (κ2) is 4.68. The van der Waals surface area contributed by atoms with Gasteiger partial charge >= 0.3 is 0 Å². The number of carbonyl (C=O) groups excluding carboxylic acids is 2. The first-order chi connectivity index (χ1) is 7.68. The van der Waals surface area contributed by atoms with Gasteiger partial charge in [0.05, 0.1) is 5.92 Å². The SMILES string of the molecule is NC(=O)[C@@H]1CCCN(C(=O)C2=CCCC2)C1. The van der Waals surface area contributed by atoms with E-state index in [1.54, 1.807) is 4.90 Å². The second-order valence-corrected chi connectivity index (χ2v) is 4.61. The summed E-state index contributed by atoms with van der Waals surface area (Å²) in [7, 11) is 0. The normalized spacial score (nSPS) is 25.4. The highest BCUT2D eigenvalue weighted by Gasteiger charge is 2.28. The fourth-order valence-corrected chi connectivity index (χ4v) is 2.46. The van der Waals surface area contributed by atoms with Gasteiger partial charge in [-0.3, -0.25) is 9.59 Å². The van der Waals surface area contributed by atoms with E-state index in [1.807, 2.05) is 6.08 Å². The van der Waals surface area contributed by atoms with Crippen LogP contribution >= 0.6 is 0 Å². The molecule has 2 N–H and O–H groups in total. The number of nitrogens with two attached hydrogens (primary N) is 1. The molecule has 0 aromatic rings. The van der Waals surface area contributed by atoms with E-state index in [4.69, 9.17) is 5.73 Å². The summed E-state index contributed by atoms with van der Waals surface area (Å²) in [6, 6.07) is 0. The molecule has 16 heavy (non-hydrogen) atoms. The van der Waals surface area contributed by atoms with Crippen molar-refractivity contribution in [2.75, 3.05) is 13.1 Å². The summed E-state index contributed by atoms with van der Waals surface area (Å²) in [5, 5.41) is 0. The first-order valence-electron chi connectivity index (χ1n) is 5.96. The van der Waals surface area contributed by atoms with E-state index < -0.39 is 0 Å². The third-order valence-electron chi connectivity index (χ3n) is 3.43. The van der Waals surface area contributed by atoms with Crippen molar-refractivity contribution < 1.29 is 9.59 Å². The fourth-order valence-electron chi connectivity index (χ4n) is 2.46. The molecule has 88 valence electrons. The molecule has 4 nitrogen and oxygen atoms in total. The number of rotatable bonds is 2. The molecular weight excluding hydrogens is 204 g/mol. The zero-order valence-corrected chi connectivity index (χ0v) is 9.45. The number of hydrogen-bond acceptors (Lipinski definition) is 2. The molecule has 0 radical (unpaired) electrons. The maximum absolute atomic E-state index is 12.1. The van der Waals surface area contributed by atoms with E-state index in [0.717, 1.165) is 44.2 Å². The quantitative estimate of drug-likeness (QED) is 0.751. The zero-order valence-electron chi connectivity index (χ0n) is 9.45. The van der Waals surface area contributed by atoms with Crippen molar-refractivity contribution in [3.8, 4) is 0 Å². The van der Waals surface area contributed by atoms with Crippen LogP contribution in [0, 0.1) is 5.92 Å². The Morgan fingerprint density at radius 1 is 1.38 bits per heavy atom. The highest BCUT2D eigenvalue weighted by Crippen LogP contribution is 2.23. The lowest BCUT2D eigenvalue weighted by atomic mass is 9.97. The van der Waals surface area contributed by atoms with E-state index in [1.165, 1.54) is 0 Å². The lowest BCUT2D eigenvalue weighted by molar-refractivity contribution is -0.131. The summed E-state index contributed by atoms with van der Waals surface area (Å²) in [4.78, 5) is 25.0. The summed E-state index contributed by atoms with van der Waals surface area (Å²) in [5.74, 6) is -0.318. The van der Waals surface area contributed by atoms with E-state index in [0.29, 0.717) is 6.54 Å². The second-order valence-electron chi connectivity index (χ2n) is 4.61. The minimum absolute atomic E-state index is 0.114. The molecule has 4 heteroatoms. The number of allylic oxidation sites excluding steroid dienone is 1. The van der Waals surface area contributed by atoms with Gasteiger partial charge in [-0.25, -0.2) is 0 Å². The minimum Gasteiger partial charge on any atom is -0.369 e. The van der Waals surface area contributed by atoms with Crippen molar-refractivity contribution in [1.82, 2.24) is 4.90 Å². The first-order valence-corrected chi connectivity index (χ1v) is 5.96. The maximum Gasteiger partial charge on any atom is 0.249 e. The van der Waals surface area contributed by atoms with Crippen LogP contribution in [0.4, 0.5) is 0 Å². The van der Waals surface area contributed by atoms with Gasteiger partial charge in [0.1, 0.15) is 0 Å². The average Bonchev–Trinajstić information content (AvgIpc) is 2.81. The largest absolute Gasteiger partial charge is 0.369 e.